The molecule has 82 valence electrons. The van der Waals surface area contributed by atoms with Crippen LogP contribution < -0.4 is 5.32 Å². The van der Waals surface area contributed by atoms with Crippen LogP contribution in [0.15, 0.2) is 11.5 Å². The highest BCUT2D eigenvalue weighted by molar-refractivity contribution is 7.94. The van der Waals surface area contributed by atoms with Crippen LogP contribution in [0.1, 0.15) is 0 Å². The first-order valence-electron chi connectivity index (χ1n) is 4.11. The molecule has 0 aromatic rings. The van der Waals surface area contributed by atoms with E-state index < -0.39 is 19.7 Å². The number of hydrogen-bond acceptors (Lipinski definition) is 5. The number of rotatable bonds is 4. The minimum Gasteiger partial charge on any atom is -0.309 e. The van der Waals surface area contributed by atoms with Crippen molar-refractivity contribution in [3.8, 4) is 0 Å². The molecule has 1 atom stereocenters. The largest absolute Gasteiger partial charge is 0.309 e. The van der Waals surface area contributed by atoms with Crippen LogP contribution in [0.5, 0.6) is 0 Å². The minimum absolute atomic E-state index is 0.0246. The van der Waals surface area contributed by atoms with Crippen molar-refractivity contribution < 1.29 is 16.8 Å². The van der Waals surface area contributed by atoms with E-state index in [1.807, 2.05) is 0 Å². The van der Waals surface area contributed by atoms with Gasteiger partial charge in [-0.15, -0.1) is 0 Å². The molecule has 0 aliphatic carbocycles. The van der Waals surface area contributed by atoms with Gasteiger partial charge >= 0.3 is 0 Å². The Morgan fingerprint density at radius 2 is 2.14 bits per heavy atom. The van der Waals surface area contributed by atoms with Gasteiger partial charge in [-0.25, -0.2) is 16.8 Å². The van der Waals surface area contributed by atoms with Gasteiger partial charge in [0.05, 0.1) is 11.5 Å². The summed E-state index contributed by atoms with van der Waals surface area (Å²) in [6.07, 6.45) is 2.69. The summed E-state index contributed by atoms with van der Waals surface area (Å²) < 4.78 is 43.4. The second kappa shape index (κ2) is 4.00. The molecule has 14 heavy (non-hydrogen) atoms. The Bertz CT molecular complexity index is 421. The monoisotopic (exact) mass is 239 g/mol. The van der Waals surface area contributed by atoms with Crippen LogP contribution in [0.4, 0.5) is 0 Å². The average molecular weight is 239 g/mol. The third-order valence-electron chi connectivity index (χ3n) is 1.81. The Kier molecular flexibility index (Phi) is 3.33. The van der Waals surface area contributed by atoms with Crippen LogP contribution in [-0.2, 0) is 19.7 Å². The average Bonchev–Trinajstić information content (AvgIpc) is 2.27. The zero-order valence-corrected chi connectivity index (χ0v) is 9.44. The second-order valence-corrected chi connectivity index (χ2v) is 7.54. The molecule has 5 nitrogen and oxygen atoms in total. The third-order valence-corrected chi connectivity index (χ3v) is 4.15. The van der Waals surface area contributed by atoms with Crippen molar-refractivity contribution in [2.75, 3.05) is 24.3 Å². The fraction of sp³-hybridized carbons (Fsp3) is 0.714. The SMILES string of the molecule is CS(=O)(=O)CCNC1C=CS(=O)(=O)C1. The van der Waals surface area contributed by atoms with Crippen molar-refractivity contribution in [3.63, 3.8) is 0 Å². The Labute approximate surface area is 84.0 Å². The molecule has 1 heterocycles. The summed E-state index contributed by atoms with van der Waals surface area (Å²) in [5.74, 6) is 0.0498. The topological polar surface area (TPSA) is 80.3 Å². The quantitative estimate of drug-likeness (QED) is 0.676. The van der Waals surface area contributed by atoms with E-state index in [-0.39, 0.29) is 24.1 Å². The van der Waals surface area contributed by atoms with E-state index in [9.17, 15) is 16.8 Å². The van der Waals surface area contributed by atoms with Gasteiger partial charge in [0.25, 0.3) is 0 Å². The van der Waals surface area contributed by atoms with Crippen molar-refractivity contribution in [3.05, 3.63) is 11.5 Å². The minimum atomic E-state index is -3.05. The van der Waals surface area contributed by atoms with E-state index in [4.69, 9.17) is 0 Å². The molecular weight excluding hydrogens is 226 g/mol. The summed E-state index contributed by atoms with van der Waals surface area (Å²) in [5.41, 5.74) is 0. The van der Waals surface area contributed by atoms with Crippen molar-refractivity contribution in [2.24, 2.45) is 0 Å². The molecule has 0 bridgehead atoms. The summed E-state index contributed by atoms with van der Waals surface area (Å²) in [6.45, 7) is 0.281. The first kappa shape index (κ1) is 11.7. The van der Waals surface area contributed by atoms with Crippen molar-refractivity contribution in [1.29, 1.82) is 0 Å². The van der Waals surface area contributed by atoms with Gasteiger partial charge in [-0.3, -0.25) is 0 Å². The van der Waals surface area contributed by atoms with Gasteiger partial charge in [-0.2, -0.15) is 0 Å². The molecule has 0 saturated heterocycles. The number of sulfone groups is 2. The summed E-state index contributed by atoms with van der Waals surface area (Å²) >= 11 is 0. The highest BCUT2D eigenvalue weighted by Crippen LogP contribution is 2.07. The molecule has 7 heteroatoms. The first-order chi connectivity index (χ1) is 6.29. The molecule has 0 fully saturated rings. The molecule has 0 saturated carbocycles. The van der Waals surface area contributed by atoms with E-state index in [1.165, 1.54) is 6.08 Å². The van der Waals surface area contributed by atoms with Gasteiger partial charge in [0.2, 0.25) is 0 Å². The lowest BCUT2D eigenvalue weighted by molar-refractivity contribution is 0.587. The normalized spacial score (nSPS) is 25.4. The molecule has 0 aromatic carbocycles. The van der Waals surface area contributed by atoms with Gasteiger partial charge in [-0.05, 0) is 0 Å². The Hall–Kier alpha value is -0.400. The van der Waals surface area contributed by atoms with E-state index in [0.717, 1.165) is 11.7 Å². The van der Waals surface area contributed by atoms with Gasteiger partial charge in [0.15, 0.2) is 9.84 Å². The number of hydrogen-bond donors (Lipinski definition) is 1. The maximum Gasteiger partial charge on any atom is 0.173 e. The van der Waals surface area contributed by atoms with Gasteiger partial charge in [-0.1, -0.05) is 6.08 Å². The van der Waals surface area contributed by atoms with E-state index in [2.05, 4.69) is 5.32 Å². The smallest absolute Gasteiger partial charge is 0.173 e. The molecule has 1 unspecified atom stereocenters. The summed E-state index contributed by atoms with van der Waals surface area (Å²) in [6, 6.07) is -0.248. The lowest BCUT2D eigenvalue weighted by atomic mass is 10.3. The second-order valence-electron chi connectivity index (χ2n) is 3.35. The predicted octanol–water partition coefficient (Wildman–Crippen LogP) is -1.07. The molecule has 1 aliphatic rings. The molecule has 0 radical (unpaired) electrons. The van der Waals surface area contributed by atoms with Crippen molar-refractivity contribution >= 4 is 19.7 Å². The molecule has 1 rings (SSSR count). The lowest BCUT2D eigenvalue weighted by Crippen LogP contribution is -2.33. The molecule has 1 aliphatic heterocycles. The predicted molar refractivity (Wildman–Crippen MR) is 54.4 cm³/mol. The molecule has 0 aromatic heterocycles. The van der Waals surface area contributed by atoms with Crippen LogP contribution in [0.25, 0.3) is 0 Å². The van der Waals surface area contributed by atoms with Crippen LogP contribution in [0.3, 0.4) is 0 Å². The van der Waals surface area contributed by atoms with Gasteiger partial charge in [0, 0.05) is 24.3 Å². The Morgan fingerprint density at radius 1 is 1.50 bits per heavy atom. The van der Waals surface area contributed by atoms with Crippen LogP contribution in [0, 0.1) is 0 Å². The zero-order chi connectivity index (χ0) is 10.8. The number of nitrogens with one attached hydrogen (secondary N) is 1. The maximum absolute atomic E-state index is 11.0. The highest BCUT2D eigenvalue weighted by atomic mass is 32.2. The van der Waals surface area contributed by atoms with Crippen molar-refractivity contribution in [2.45, 2.75) is 6.04 Å². The zero-order valence-electron chi connectivity index (χ0n) is 7.80. The Balaban J connectivity index is 2.33. The summed E-state index contributed by atoms with van der Waals surface area (Å²) in [7, 11) is -6.03. The standard InChI is InChI=1S/C7H13NO4S2/c1-13(9,10)5-3-8-7-2-4-14(11,12)6-7/h2,4,7-8H,3,5-6H2,1H3. The van der Waals surface area contributed by atoms with Crippen LogP contribution in [-0.4, -0.2) is 47.2 Å². The van der Waals surface area contributed by atoms with Crippen LogP contribution in [0.2, 0.25) is 0 Å². The highest BCUT2D eigenvalue weighted by Gasteiger charge is 2.20. The van der Waals surface area contributed by atoms with E-state index in [0.29, 0.717) is 0 Å². The molecule has 1 N–H and O–H groups in total. The maximum atomic E-state index is 11.0. The fourth-order valence-electron chi connectivity index (χ4n) is 1.13. The fourth-order valence-corrected chi connectivity index (χ4v) is 2.89. The Morgan fingerprint density at radius 3 is 2.57 bits per heavy atom. The first-order valence-corrected chi connectivity index (χ1v) is 7.88. The van der Waals surface area contributed by atoms with Gasteiger partial charge in [0.1, 0.15) is 9.84 Å². The summed E-state index contributed by atoms with van der Waals surface area (Å²) in [4.78, 5) is 0. The molecule has 0 amide bonds. The third kappa shape index (κ3) is 4.21. The molecular formula is C7H13NO4S2. The molecule has 0 spiro atoms. The van der Waals surface area contributed by atoms with E-state index >= 15 is 0 Å². The van der Waals surface area contributed by atoms with Gasteiger partial charge < -0.3 is 5.32 Å². The lowest BCUT2D eigenvalue weighted by Gasteiger charge is -2.08. The van der Waals surface area contributed by atoms with Crippen LogP contribution >= 0.6 is 0 Å². The summed E-state index contributed by atoms with van der Waals surface area (Å²) in [5, 5.41) is 4.01. The van der Waals surface area contributed by atoms with E-state index in [1.54, 1.807) is 0 Å². The van der Waals surface area contributed by atoms with Crippen molar-refractivity contribution in [1.82, 2.24) is 5.32 Å².